The highest BCUT2D eigenvalue weighted by Crippen LogP contribution is 2.31. The molecule has 1 aromatic rings. The van der Waals surface area contributed by atoms with Gasteiger partial charge in [-0.25, -0.2) is 0 Å². The molecule has 3 rings (SSSR count). The molecule has 3 N–H and O–H groups in total. The van der Waals surface area contributed by atoms with E-state index in [2.05, 4.69) is 22.3 Å². The average Bonchev–Trinajstić information content (AvgIpc) is 3.18. The second kappa shape index (κ2) is 12.5. The predicted octanol–water partition coefficient (Wildman–Crippen LogP) is 2.40. The topological polar surface area (TPSA) is 76.8 Å². The van der Waals surface area contributed by atoms with Crippen molar-refractivity contribution in [1.29, 1.82) is 0 Å². The number of amides is 1. The van der Waals surface area contributed by atoms with Crippen molar-refractivity contribution < 1.29 is 14.3 Å². The van der Waals surface area contributed by atoms with Gasteiger partial charge in [-0.1, -0.05) is 18.6 Å². The van der Waals surface area contributed by atoms with Crippen molar-refractivity contribution in [3.63, 3.8) is 0 Å². The third-order valence-electron chi connectivity index (χ3n) is 5.76. The van der Waals surface area contributed by atoms with Gasteiger partial charge in [0.2, 0.25) is 5.91 Å². The van der Waals surface area contributed by atoms with Crippen LogP contribution in [0.15, 0.2) is 24.3 Å². The summed E-state index contributed by atoms with van der Waals surface area (Å²) in [5.41, 5.74) is 7.03. The number of hydrogen-bond acceptors (Lipinski definition) is 5. The highest BCUT2D eigenvalue weighted by atomic mass is 35.5. The molecule has 1 aliphatic heterocycles. The molecule has 1 saturated carbocycles. The lowest BCUT2D eigenvalue weighted by atomic mass is 9.95. The quantitative estimate of drug-likeness (QED) is 0.689. The number of nitrogens with one attached hydrogen (secondary N) is 1. The van der Waals surface area contributed by atoms with Crippen LogP contribution in [-0.2, 0) is 9.53 Å². The normalized spacial score (nSPS) is 23.2. The number of hydrogen-bond donors (Lipinski definition) is 2. The van der Waals surface area contributed by atoms with Gasteiger partial charge in [0.05, 0.1) is 26.4 Å². The van der Waals surface area contributed by atoms with E-state index in [1.165, 1.54) is 5.56 Å². The van der Waals surface area contributed by atoms with Crippen LogP contribution < -0.4 is 15.8 Å². The van der Waals surface area contributed by atoms with Crippen LogP contribution in [0.1, 0.15) is 30.9 Å². The molecule has 1 amide bonds. The van der Waals surface area contributed by atoms with Crippen LogP contribution in [0.25, 0.3) is 0 Å². The molecule has 1 aromatic carbocycles. The van der Waals surface area contributed by atoms with E-state index in [-0.39, 0.29) is 42.7 Å². The molecule has 2 aliphatic rings. The van der Waals surface area contributed by atoms with Crippen LogP contribution >= 0.6 is 24.8 Å². The number of methoxy groups -OCH3 is 1. The SMILES string of the molecule is COc1ccc(C(CNC(=O)[C@@H]2CCC[C@@H]2CN)N2CCOCC2)cc1.Cl.Cl. The zero-order valence-corrected chi connectivity index (χ0v) is 18.1. The summed E-state index contributed by atoms with van der Waals surface area (Å²) in [7, 11) is 1.67. The minimum Gasteiger partial charge on any atom is -0.497 e. The number of nitrogens with zero attached hydrogens (tertiary/aromatic N) is 1. The first-order valence-corrected chi connectivity index (χ1v) is 9.66. The fraction of sp³-hybridized carbons (Fsp3) is 0.650. The van der Waals surface area contributed by atoms with E-state index in [4.69, 9.17) is 15.2 Å². The van der Waals surface area contributed by atoms with E-state index in [0.717, 1.165) is 51.3 Å². The summed E-state index contributed by atoms with van der Waals surface area (Å²) >= 11 is 0. The van der Waals surface area contributed by atoms with Crippen LogP contribution in [0.5, 0.6) is 5.75 Å². The van der Waals surface area contributed by atoms with Crippen molar-refractivity contribution in [2.75, 3.05) is 46.5 Å². The molecule has 8 heteroatoms. The monoisotopic (exact) mass is 433 g/mol. The van der Waals surface area contributed by atoms with Crippen molar-refractivity contribution in [1.82, 2.24) is 10.2 Å². The number of carbonyl (C=O) groups excluding carboxylic acids is 1. The smallest absolute Gasteiger partial charge is 0.223 e. The lowest BCUT2D eigenvalue weighted by molar-refractivity contribution is -0.126. The van der Waals surface area contributed by atoms with Crippen molar-refractivity contribution in [2.24, 2.45) is 17.6 Å². The number of carbonyl (C=O) groups is 1. The molecule has 160 valence electrons. The molecule has 3 atom stereocenters. The van der Waals surface area contributed by atoms with Gasteiger partial charge in [0.15, 0.2) is 0 Å². The van der Waals surface area contributed by atoms with E-state index in [1.54, 1.807) is 7.11 Å². The van der Waals surface area contributed by atoms with Gasteiger partial charge in [-0.15, -0.1) is 24.8 Å². The summed E-state index contributed by atoms with van der Waals surface area (Å²) in [6, 6.07) is 8.27. The lowest BCUT2D eigenvalue weighted by Gasteiger charge is -2.35. The second-order valence-electron chi connectivity index (χ2n) is 7.22. The third kappa shape index (κ3) is 6.22. The molecule has 0 radical (unpaired) electrons. The van der Waals surface area contributed by atoms with Crippen molar-refractivity contribution in [3.05, 3.63) is 29.8 Å². The Hall–Kier alpha value is -1.05. The fourth-order valence-electron chi connectivity index (χ4n) is 4.17. The molecule has 6 nitrogen and oxygen atoms in total. The lowest BCUT2D eigenvalue weighted by Crippen LogP contribution is -2.45. The first kappa shape index (κ1) is 25.0. The third-order valence-corrected chi connectivity index (χ3v) is 5.76. The maximum Gasteiger partial charge on any atom is 0.223 e. The van der Waals surface area contributed by atoms with E-state index in [0.29, 0.717) is 19.0 Å². The highest BCUT2D eigenvalue weighted by molar-refractivity contribution is 5.85. The minimum absolute atomic E-state index is 0. The molecule has 0 bridgehead atoms. The van der Waals surface area contributed by atoms with E-state index in [9.17, 15) is 4.79 Å². The Kier molecular flexibility index (Phi) is 11.2. The van der Waals surface area contributed by atoms with Gasteiger partial charge in [0.1, 0.15) is 5.75 Å². The summed E-state index contributed by atoms with van der Waals surface area (Å²) in [6.45, 7) is 4.43. The number of halogens is 2. The summed E-state index contributed by atoms with van der Waals surface area (Å²) < 4.78 is 10.8. The zero-order valence-electron chi connectivity index (χ0n) is 16.5. The van der Waals surface area contributed by atoms with E-state index >= 15 is 0 Å². The van der Waals surface area contributed by atoms with Crippen molar-refractivity contribution in [2.45, 2.75) is 25.3 Å². The highest BCUT2D eigenvalue weighted by Gasteiger charge is 2.32. The molecule has 0 spiro atoms. The van der Waals surface area contributed by atoms with Crippen LogP contribution in [-0.4, -0.2) is 57.3 Å². The Morgan fingerprint density at radius 2 is 1.93 bits per heavy atom. The summed E-state index contributed by atoms with van der Waals surface area (Å²) in [4.78, 5) is 15.1. The standard InChI is InChI=1S/C20H31N3O3.2ClH/c1-25-17-7-5-15(6-8-17)19(23-9-11-26-12-10-23)14-22-20(24)18-4-2-3-16(18)13-21;;/h5-8,16,18-19H,2-4,9-14,21H2,1H3,(H,22,24);2*1H/t16-,18-,19?;;/m1../s1. The molecule has 2 fully saturated rings. The largest absolute Gasteiger partial charge is 0.497 e. The Morgan fingerprint density at radius 3 is 2.54 bits per heavy atom. The molecular weight excluding hydrogens is 401 g/mol. The first-order valence-electron chi connectivity index (χ1n) is 9.66. The van der Waals surface area contributed by atoms with Crippen LogP contribution in [0.4, 0.5) is 0 Å². The molecule has 28 heavy (non-hydrogen) atoms. The maximum atomic E-state index is 12.7. The molecule has 1 aliphatic carbocycles. The van der Waals surface area contributed by atoms with Gasteiger partial charge >= 0.3 is 0 Å². The van der Waals surface area contributed by atoms with Crippen LogP contribution in [0.3, 0.4) is 0 Å². The van der Waals surface area contributed by atoms with Gasteiger partial charge < -0.3 is 20.5 Å². The van der Waals surface area contributed by atoms with E-state index in [1.807, 2.05) is 12.1 Å². The number of nitrogens with two attached hydrogens (primary N) is 1. The minimum atomic E-state index is 0. The summed E-state index contributed by atoms with van der Waals surface area (Å²) in [6.07, 6.45) is 3.13. The summed E-state index contributed by atoms with van der Waals surface area (Å²) in [5.74, 6) is 1.40. The van der Waals surface area contributed by atoms with Crippen molar-refractivity contribution >= 4 is 30.7 Å². The molecule has 1 unspecified atom stereocenters. The van der Waals surface area contributed by atoms with Gasteiger partial charge in [-0.3, -0.25) is 9.69 Å². The van der Waals surface area contributed by atoms with Gasteiger partial charge in [0, 0.05) is 25.6 Å². The number of rotatable bonds is 7. The number of morpholine rings is 1. The van der Waals surface area contributed by atoms with Gasteiger partial charge in [-0.2, -0.15) is 0 Å². The van der Waals surface area contributed by atoms with Crippen LogP contribution in [0.2, 0.25) is 0 Å². The predicted molar refractivity (Wildman–Crippen MR) is 116 cm³/mol. The maximum absolute atomic E-state index is 12.7. The van der Waals surface area contributed by atoms with Gasteiger partial charge in [0.25, 0.3) is 0 Å². The fourth-order valence-corrected chi connectivity index (χ4v) is 4.17. The summed E-state index contributed by atoms with van der Waals surface area (Å²) in [5, 5.41) is 3.21. The molecule has 1 heterocycles. The van der Waals surface area contributed by atoms with Crippen LogP contribution in [0, 0.1) is 11.8 Å². The molecule has 1 saturated heterocycles. The Balaban J connectivity index is 0.00000196. The first-order chi connectivity index (χ1) is 12.7. The Morgan fingerprint density at radius 1 is 1.25 bits per heavy atom. The molecular formula is C20H33Cl2N3O3. The number of benzene rings is 1. The molecule has 0 aromatic heterocycles. The Bertz CT molecular complexity index is 583. The average molecular weight is 434 g/mol. The van der Waals surface area contributed by atoms with Crippen molar-refractivity contribution in [3.8, 4) is 5.75 Å². The second-order valence-corrected chi connectivity index (χ2v) is 7.22. The zero-order chi connectivity index (χ0) is 18.4. The van der Waals surface area contributed by atoms with E-state index < -0.39 is 0 Å². The van der Waals surface area contributed by atoms with Gasteiger partial charge in [-0.05, 0) is 43.0 Å². The Labute approximate surface area is 180 Å². The number of ether oxygens (including phenoxy) is 2.